The second-order valence-corrected chi connectivity index (χ2v) is 9.38. The van der Waals surface area contributed by atoms with Crippen LogP contribution >= 0.6 is 0 Å². The first kappa shape index (κ1) is 23.3. The van der Waals surface area contributed by atoms with Gasteiger partial charge >= 0.3 is 0 Å². The number of carbonyl (C=O) groups excluding carboxylic acids is 2. The molecule has 0 radical (unpaired) electrons. The topological polar surface area (TPSA) is 99.1 Å². The number of methoxy groups -OCH3 is 1. The van der Waals surface area contributed by atoms with Gasteiger partial charge in [-0.2, -0.15) is 5.10 Å². The maximum absolute atomic E-state index is 13.1. The van der Waals surface area contributed by atoms with Gasteiger partial charge in [-0.3, -0.25) is 9.59 Å². The Bertz CT molecular complexity index is 1120. The van der Waals surface area contributed by atoms with E-state index in [4.69, 9.17) is 14.5 Å². The molecule has 0 aromatic heterocycles. The summed E-state index contributed by atoms with van der Waals surface area (Å²) in [7, 11) is 3.36. The third-order valence-corrected chi connectivity index (χ3v) is 7.14. The zero-order valence-electron chi connectivity index (χ0n) is 20.6. The number of carbonyl (C=O) groups is 2. The van der Waals surface area contributed by atoms with E-state index in [1.165, 1.54) is 0 Å². The van der Waals surface area contributed by atoms with Crippen LogP contribution in [0.25, 0.3) is 0 Å². The molecule has 1 aromatic rings. The van der Waals surface area contributed by atoms with E-state index in [0.29, 0.717) is 44.1 Å². The highest BCUT2D eigenvalue weighted by Crippen LogP contribution is 2.34. The molecule has 1 aromatic carbocycles. The first-order chi connectivity index (χ1) is 16.9. The lowest BCUT2D eigenvalue weighted by Crippen LogP contribution is -2.41. The third kappa shape index (κ3) is 4.27. The molecule has 4 heterocycles. The minimum atomic E-state index is -0.468. The summed E-state index contributed by atoms with van der Waals surface area (Å²) in [5, 5.41) is 9.83. The zero-order valence-corrected chi connectivity index (χ0v) is 20.6. The van der Waals surface area contributed by atoms with Crippen LogP contribution in [-0.2, 0) is 14.3 Å². The van der Waals surface area contributed by atoms with Crippen molar-refractivity contribution >= 4 is 29.6 Å². The number of hydrazone groups is 1. The largest absolute Gasteiger partial charge is 0.475 e. The molecule has 1 N–H and O–H groups in total. The Labute approximate surface area is 205 Å². The zero-order chi connectivity index (χ0) is 24.7. The molecule has 1 fully saturated rings. The molecular formula is C25H32N6O4. The van der Waals surface area contributed by atoms with Crippen molar-refractivity contribution in [3.63, 3.8) is 0 Å². The standard InChI is InChI=1S/C25H32N6O4/c1-5-29(3)24(32)17-8-16-9-18(10-17)26-6-7-30-19(11-21(34-4)25(30)33)14-35-23-15(2)13-31-22(28-23)20(16)12-27-31/h8-10,12-13,19-22,26H,5-7,11,14H2,1-4H3/t19-,20?,21+,22?/m0/s1. The Morgan fingerprint density at radius 1 is 1.34 bits per heavy atom. The Morgan fingerprint density at radius 2 is 2.17 bits per heavy atom. The van der Waals surface area contributed by atoms with Crippen LogP contribution in [0.15, 0.2) is 40.1 Å². The van der Waals surface area contributed by atoms with Crippen LogP contribution < -0.4 is 5.32 Å². The smallest absolute Gasteiger partial charge is 0.253 e. The van der Waals surface area contributed by atoms with E-state index in [2.05, 4.69) is 10.4 Å². The van der Waals surface area contributed by atoms with E-state index in [1.54, 1.807) is 19.1 Å². The minimum Gasteiger partial charge on any atom is -0.475 e. The molecule has 2 amide bonds. The molecule has 186 valence electrons. The molecule has 2 unspecified atom stereocenters. The van der Waals surface area contributed by atoms with Gasteiger partial charge in [0.25, 0.3) is 11.8 Å². The van der Waals surface area contributed by atoms with Crippen LogP contribution in [0, 0.1) is 0 Å². The third-order valence-electron chi connectivity index (χ3n) is 7.14. The monoisotopic (exact) mass is 480 g/mol. The van der Waals surface area contributed by atoms with Crippen LogP contribution in [0.4, 0.5) is 5.69 Å². The van der Waals surface area contributed by atoms with Gasteiger partial charge in [0.2, 0.25) is 5.90 Å². The number of hydrogen-bond donors (Lipinski definition) is 1. The number of amides is 2. The van der Waals surface area contributed by atoms with Gasteiger partial charge < -0.3 is 24.6 Å². The Kier molecular flexibility index (Phi) is 6.22. The molecule has 4 aliphatic rings. The molecule has 10 nitrogen and oxygen atoms in total. The van der Waals surface area contributed by atoms with E-state index < -0.39 is 6.10 Å². The summed E-state index contributed by atoms with van der Waals surface area (Å²) >= 11 is 0. The molecule has 0 aliphatic carbocycles. The molecule has 1 saturated heterocycles. The van der Waals surface area contributed by atoms with Crippen molar-refractivity contribution in [2.45, 2.75) is 44.5 Å². The lowest BCUT2D eigenvalue weighted by atomic mass is 9.94. The molecule has 4 bridgehead atoms. The van der Waals surface area contributed by atoms with Crippen molar-refractivity contribution in [1.82, 2.24) is 14.8 Å². The number of rotatable bonds is 3. The Hall–Kier alpha value is -3.40. The lowest BCUT2D eigenvalue weighted by molar-refractivity contribution is -0.136. The highest BCUT2D eigenvalue weighted by atomic mass is 16.5. The number of benzene rings is 1. The Morgan fingerprint density at radius 3 is 2.94 bits per heavy atom. The van der Waals surface area contributed by atoms with Gasteiger partial charge in [-0.25, -0.2) is 10.0 Å². The summed E-state index contributed by atoms with van der Waals surface area (Å²) in [5.74, 6) is 0.347. The van der Waals surface area contributed by atoms with E-state index in [9.17, 15) is 9.59 Å². The van der Waals surface area contributed by atoms with Gasteiger partial charge in [0.15, 0.2) is 6.17 Å². The second kappa shape index (κ2) is 9.33. The number of nitrogens with one attached hydrogen (secondary N) is 1. The van der Waals surface area contributed by atoms with E-state index >= 15 is 0 Å². The normalized spacial score (nSPS) is 27.4. The summed E-state index contributed by atoms with van der Waals surface area (Å²) in [4.78, 5) is 34.4. The fraction of sp³-hybridized carbons (Fsp3) is 0.520. The predicted octanol–water partition coefficient (Wildman–Crippen LogP) is 1.86. The summed E-state index contributed by atoms with van der Waals surface area (Å²) in [5.41, 5.74) is 3.25. The quantitative estimate of drug-likeness (QED) is 0.709. The van der Waals surface area contributed by atoms with Crippen molar-refractivity contribution in [2.24, 2.45) is 10.1 Å². The van der Waals surface area contributed by atoms with Crippen LogP contribution in [0.5, 0.6) is 0 Å². The summed E-state index contributed by atoms with van der Waals surface area (Å²) in [6.07, 6.45) is 3.62. The molecule has 5 rings (SSSR count). The van der Waals surface area contributed by atoms with Crippen LogP contribution in [0.3, 0.4) is 0 Å². The molecular weight excluding hydrogens is 448 g/mol. The highest BCUT2D eigenvalue weighted by molar-refractivity contribution is 5.96. The van der Waals surface area contributed by atoms with Gasteiger partial charge in [-0.05, 0) is 37.6 Å². The SMILES string of the molecule is CCN(C)C(=O)c1cc2cc(c1)C1C=NN3C=C(C)C(=NC13)OC[C@@H]1C[C@@H](OC)C(=O)N1CCN2. The van der Waals surface area contributed by atoms with Crippen molar-refractivity contribution in [3.05, 3.63) is 41.1 Å². The fourth-order valence-electron chi connectivity index (χ4n) is 5.01. The van der Waals surface area contributed by atoms with Crippen molar-refractivity contribution in [1.29, 1.82) is 0 Å². The fourth-order valence-corrected chi connectivity index (χ4v) is 5.01. The molecule has 4 aliphatic heterocycles. The van der Waals surface area contributed by atoms with Gasteiger partial charge in [0.1, 0.15) is 12.7 Å². The average Bonchev–Trinajstić information content (AvgIpc) is 3.41. The number of fused-ring (bicyclic) bond motifs is 4. The first-order valence-electron chi connectivity index (χ1n) is 12.1. The summed E-state index contributed by atoms with van der Waals surface area (Å²) in [6, 6.07) is 5.73. The molecule has 0 saturated carbocycles. The van der Waals surface area contributed by atoms with Gasteiger partial charge in [0, 0.05) is 69.5 Å². The van der Waals surface area contributed by atoms with Gasteiger partial charge in [-0.1, -0.05) is 0 Å². The summed E-state index contributed by atoms with van der Waals surface area (Å²) in [6.45, 7) is 5.89. The second-order valence-electron chi connectivity index (χ2n) is 9.38. The van der Waals surface area contributed by atoms with Gasteiger partial charge in [0.05, 0.1) is 12.0 Å². The maximum atomic E-state index is 13.1. The first-order valence-corrected chi connectivity index (χ1v) is 12.1. The molecule has 10 heteroatoms. The minimum absolute atomic E-state index is 0.0301. The molecule has 35 heavy (non-hydrogen) atoms. The predicted molar refractivity (Wildman–Crippen MR) is 132 cm³/mol. The lowest BCUT2D eigenvalue weighted by Gasteiger charge is -2.30. The van der Waals surface area contributed by atoms with Gasteiger partial charge in [-0.15, -0.1) is 0 Å². The average molecular weight is 481 g/mol. The molecule has 4 atom stereocenters. The number of ether oxygens (including phenoxy) is 2. The summed E-state index contributed by atoms with van der Waals surface area (Å²) < 4.78 is 11.6. The van der Waals surface area contributed by atoms with E-state index in [0.717, 1.165) is 16.8 Å². The van der Waals surface area contributed by atoms with Crippen LogP contribution in [0.1, 0.15) is 42.1 Å². The number of aliphatic imine (C=N–C) groups is 1. The van der Waals surface area contributed by atoms with Crippen LogP contribution in [0.2, 0.25) is 0 Å². The number of hydrogen-bond acceptors (Lipinski definition) is 8. The van der Waals surface area contributed by atoms with E-state index in [-0.39, 0.29) is 29.9 Å². The van der Waals surface area contributed by atoms with Crippen molar-refractivity contribution in [2.75, 3.05) is 45.7 Å². The Balaban J connectivity index is 1.54. The maximum Gasteiger partial charge on any atom is 0.253 e. The number of nitrogens with zero attached hydrogens (tertiary/aromatic N) is 5. The van der Waals surface area contributed by atoms with Crippen molar-refractivity contribution < 1.29 is 19.1 Å². The molecule has 0 spiro atoms. The highest BCUT2D eigenvalue weighted by Gasteiger charge is 2.41. The number of anilines is 1. The van der Waals surface area contributed by atoms with Crippen LogP contribution in [-0.4, -0.2) is 97.4 Å². The van der Waals surface area contributed by atoms with E-state index in [1.807, 2.05) is 54.4 Å². The van der Waals surface area contributed by atoms with Crippen molar-refractivity contribution in [3.8, 4) is 0 Å².